The molecule has 1 unspecified atom stereocenters. The van der Waals surface area contributed by atoms with E-state index >= 15 is 0 Å². The van der Waals surface area contributed by atoms with Crippen molar-refractivity contribution in [2.45, 2.75) is 25.8 Å². The van der Waals surface area contributed by atoms with Crippen LogP contribution >= 0.6 is 0 Å². The van der Waals surface area contributed by atoms with Crippen molar-refractivity contribution in [3.8, 4) is 0 Å². The number of likely N-dealkylation sites (tertiary alicyclic amines) is 1. The first kappa shape index (κ1) is 13.9. The molecule has 1 saturated heterocycles. The molecule has 0 radical (unpaired) electrons. The van der Waals surface area contributed by atoms with E-state index in [1.54, 1.807) is 12.4 Å². The zero-order chi connectivity index (χ0) is 15.8. The molecular formula is C16H18N6O. The fourth-order valence-electron chi connectivity index (χ4n) is 3.17. The molecule has 23 heavy (non-hydrogen) atoms. The molecule has 1 N–H and O–H groups in total. The number of amides is 1. The standard InChI is InChI=1S/C16H18N6O/c1-11-14-8-12(9-17-15(14)20-19-11)16(23)21-6-2-4-13(10-21)22-7-3-5-18-22/h3,5,7-9,13H,2,4,6,10H2,1H3,(H,17,19,20). The van der Waals surface area contributed by atoms with E-state index in [0.29, 0.717) is 17.8 Å². The molecule has 1 amide bonds. The van der Waals surface area contributed by atoms with Crippen LogP contribution in [0.3, 0.4) is 0 Å². The van der Waals surface area contributed by atoms with Gasteiger partial charge in [-0.15, -0.1) is 0 Å². The fourth-order valence-corrected chi connectivity index (χ4v) is 3.17. The van der Waals surface area contributed by atoms with Crippen molar-refractivity contribution in [2.24, 2.45) is 0 Å². The number of hydrogen-bond acceptors (Lipinski definition) is 4. The van der Waals surface area contributed by atoms with Gasteiger partial charge in [-0.2, -0.15) is 10.2 Å². The molecule has 0 bridgehead atoms. The van der Waals surface area contributed by atoms with Gasteiger partial charge in [-0.1, -0.05) is 0 Å². The SMILES string of the molecule is Cc1[nH]nc2ncc(C(=O)N3CCCC(n4cccn4)C3)cc12. The van der Waals surface area contributed by atoms with Crippen LogP contribution in [0.15, 0.2) is 30.7 Å². The number of aryl methyl sites for hydroxylation is 1. The molecule has 1 aliphatic heterocycles. The number of carbonyl (C=O) groups is 1. The predicted octanol–water partition coefficient (Wildman–Crippen LogP) is 1.94. The lowest BCUT2D eigenvalue weighted by atomic mass is 10.0. The third-order valence-corrected chi connectivity index (χ3v) is 4.43. The summed E-state index contributed by atoms with van der Waals surface area (Å²) in [6, 6.07) is 4.04. The summed E-state index contributed by atoms with van der Waals surface area (Å²) < 4.78 is 1.95. The Labute approximate surface area is 133 Å². The van der Waals surface area contributed by atoms with Gasteiger partial charge in [-0.25, -0.2) is 4.98 Å². The number of nitrogens with one attached hydrogen (secondary N) is 1. The van der Waals surface area contributed by atoms with Crippen LogP contribution in [-0.4, -0.2) is 48.9 Å². The molecular weight excluding hydrogens is 292 g/mol. The van der Waals surface area contributed by atoms with Gasteiger partial charge in [0.1, 0.15) is 0 Å². The number of H-pyrrole nitrogens is 1. The Kier molecular flexibility index (Phi) is 3.33. The van der Waals surface area contributed by atoms with Crippen LogP contribution < -0.4 is 0 Å². The van der Waals surface area contributed by atoms with Crippen molar-refractivity contribution in [1.29, 1.82) is 0 Å². The van der Waals surface area contributed by atoms with E-state index in [1.165, 1.54) is 0 Å². The lowest BCUT2D eigenvalue weighted by molar-refractivity contribution is 0.0673. The molecule has 1 fully saturated rings. The molecule has 0 saturated carbocycles. The summed E-state index contributed by atoms with van der Waals surface area (Å²) in [4.78, 5) is 19.0. The fraction of sp³-hybridized carbons (Fsp3) is 0.375. The second-order valence-electron chi connectivity index (χ2n) is 5.98. The van der Waals surface area contributed by atoms with Crippen LogP contribution in [0.5, 0.6) is 0 Å². The van der Waals surface area contributed by atoms with Crippen LogP contribution in [-0.2, 0) is 0 Å². The van der Waals surface area contributed by atoms with E-state index in [9.17, 15) is 4.79 Å². The van der Waals surface area contributed by atoms with Crippen LogP contribution in [0.25, 0.3) is 11.0 Å². The zero-order valence-electron chi connectivity index (χ0n) is 12.9. The van der Waals surface area contributed by atoms with Gasteiger partial charge in [-0.05, 0) is 31.9 Å². The summed E-state index contributed by atoms with van der Waals surface area (Å²) in [7, 11) is 0. The smallest absolute Gasteiger partial charge is 0.255 e. The highest BCUT2D eigenvalue weighted by atomic mass is 16.2. The maximum absolute atomic E-state index is 12.8. The number of aromatic nitrogens is 5. The lowest BCUT2D eigenvalue weighted by Crippen LogP contribution is -2.40. The quantitative estimate of drug-likeness (QED) is 0.784. The molecule has 3 aromatic heterocycles. The van der Waals surface area contributed by atoms with E-state index in [2.05, 4.69) is 20.3 Å². The van der Waals surface area contributed by atoms with Crippen LogP contribution in [0.4, 0.5) is 0 Å². The van der Waals surface area contributed by atoms with Gasteiger partial charge in [0, 0.05) is 42.8 Å². The second-order valence-corrected chi connectivity index (χ2v) is 5.98. The lowest BCUT2D eigenvalue weighted by Gasteiger charge is -2.32. The van der Waals surface area contributed by atoms with Crippen LogP contribution in [0.1, 0.15) is 34.9 Å². The average Bonchev–Trinajstić information content (AvgIpc) is 3.25. The topological polar surface area (TPSA) is 79.7 Å². The van der Waals surface area contributed by atoms with Gasteiger partial charge in [0.25, 0.3) is 5.91 Å². The third-order valence-electron chi connectivity index (χ3n) is 4.43. The van der Waals surface area contributed by atoms with Crippen molar-refractivity contribution >= 4 is 16.9 Å². The number of carbonyl (C=O) groups excluding carboxylic acids is 1. The first-order valence-corrected chi connectivity index (χ1v) is 7.81. The molecule has 0 aromatic carbocycles. The highest BCUT2D eigenvalue weighted by Crippen LogP contribution is 2.23. The monoisotopic (exact) mass is 310 g/mol. The molecule has 1 atom stereocenters. The molecule has 1 aliphatic rings. The van der Waals surface area contributed by atoms with Crippen molar-refractivity contribution in [1.82, 2.24) is 29.9 Å². The Hall–Kier alpha value is -2.70. The van der Waals surface area contributed by atoms with E-state index in [0.717, 1.165) is 30.5 Å². The van der Waals surface area contributed by atoms with Crippen LogP contribution in [0.2, 0.25) is 0 Å². The number of nitrogens with zero attached hydrogens (tertiary/aromatic N) is 5. The maximum Gasteiger partial charge on any atom is 0.255 e. The van der Waals surface area contributed by atoms with Crippen molar-refractivity contribution in [3.05, 3.63) is 42.0 Å². The maximum atomic E-state index is 12.8. The van der Waals surface area contributed by atoms with E-state index in [4.69, 9.17) is 0 Å². The Bertz CT molecular complexity index is 838. The van der Waals surface area contributed by atoms with E-state index < -0.39 is 0 Å². The van der Waals surface area contributed by atoms with Crippen molar-refractivity contribution < 1.29 is 4.79 Å². The van der Waals surface area contributed by atoms with Gasteiger partial charge in [0.05, 0.1) is 11.6 Å². The molecule has 7 heteroatoms. The second kappa shape index (κ2) is 5.49. The molecule has 7 nitrogen and oxygen atoms in total. The normalized spacial score (nSPS) is 18.5. The minimum atomic E-state index is 0.0249. The summed E-state index contributed by atoms with van der Waals surface area (Å²) in [6.07, 6.45) is 7.38. The Morgan fingerprint density at radius 1 is 1.43 bits per heavy atom. The number of fused-ring (bicyclic) bond motifs is 1. The van der Waals surface area contributed by atoms with Crippen molar-refractivity contribution in [2.75, 3.05) is 13.1 Å². The highest BCUT2D eigenvalue weighted by molar-refractivity contribution is 5.97. The number of aromatic amines is 1. The van der Waals surface area contributed by atoms with Crippen molar-refractivity contribution in [3.63, 3.8) is 0 Å². The number of rotatable bonds is 2. The van der Waals surface area contributed by atoms with Gasteiger partial charge in [0.15, 0.2) is 5.65 Å². The van der Waals surface area contributed by atoms with Gasteiger partial charge in [0.2, 0.25) is 0 Å². The van der Waals surface area contributed by atoms with E-state index in [-0.39, 0.29) is 11.9 Å². The summed E-state index contributed by atoms with van der Waals surface area (Å²) >= 11 is 0. The molecule has 0 spiro atoms. The first-order valence-electron chi connectivity index (χ1n) is 7.81. The molecule has 118 valence electrons. The Morgan fingerprint density at radius 2 is 2.35 bits per heavy atom. The minimum Gasteiger partial charge on any atom is -0.336 e. The van der Waals surface area contributed by atoms with E-state index in [1.807, 2.05) is 34.8 Å². The molecule has 4 heterocycles. The highest BCUT2D eigenvalue weighted by Gasteiger charge is 2.26. The summed E-state index contributed by atoms with van der Waals surface area (Å²) in [5.41, 5.74) is 2.19. The summed E-state index contributed by atoms with van der Waals surface area (Å²) in [6.45, 7) is 3.39. The zero-order valence-corrected chi connectivity index (χ0v) is 12.9. The third kappa shape index (κ3) is 2.48. The predicted molar refractivity (Wildman–Crippen MR) is 85.0 cm³/mol. The molecule has 3 aromatic rings. The largest absolute Gasteiger partial charge is 0.336 e. The number of hydrogen-bond donors (Lipinski definition) is 1. The van der Waals surface area contributed by atoms with Gasteiger partial charge >= 0.3 is 0 Å². The Balaban J connectivity index is 1.58. The van der Waals surface area contributed by atoms with Gasteiger partial charge in [-0.3, -0.25) is 14.6 Å². The number of pyridine rings is 1. The minimum absolute atomic E-state index is 0.0249. The Morgan fingerprint density at radius 3 is 3.17 bits per heavy atom. The first-order chi connectivity index (χ1) is 11.2. The van der Waals surface area contributed by atoms with Crippen LogP contribution in [0, 0.1) is 6.92 Å². The summed E-state index contributed by atoms with van der Waals surface area (Å²) in [5, 5.41) is 12.2. The molecule has 4 rings (SSSR count). The summed E-state index contributed by atoms with van der Waals surface area (Å²) in [5.74, 6) is 0.0249. The van der Waals surface area contributed by atoms with Gasteiger partial charge < -0.3 is 4.90 Å². The number of piperidine rings is 1. The molecule has 0 aliphatic carbocycles. The average molecular weight is 310 g/mol.